The van der Waals surface area contributed by atoms with Gasteiger partial charge in [-0.1, -0.05) is 24.6 Å². The Kier molecular flexibility index (Phi) is 5.00. The number of rotatable bonds is 4. The number of nitrogens with zero attached hydrogens (tertiary/aromatic N) is 1. The first-order valence-electron chi connectivity index (χ1n) is 5.92. The Bertz CT molecular complexity index is 769. The molecule has 1 N–H and O–H groups in total. The van der Waals surface area contributed by atoms with Gasteiger partial charge < -0.3 is 4.90 Å². The van der Waals surface area contributed by atoms with Gasteiger partial charge in [-0.2, -0.15) is 0 Å². The Balaban J connectivity index is 3.91. The highest BCUT2D eigenvalue weighted by Crippen LogP contribution is 2.01. The zero-order valence-corrected chi connectivity index (χ0v) is 12.7. The molecule has 4 nitrogen and oxygen atoms in total. The van der Waals surface area contributed by atoms with E-state index < -0.39 is 10.0 Å². The van der Waals surface area contributed by atoms with E-state index in [9.17, 15) is 8.42 Å². The summed E-state index contributed by atoms with van der Waals surface area (Å²) in [4.78, 5) is 2.04. The minimum absolute atomic E-state index is 0.133. The molecule has 1 aromatic carbocycles. The van der Waals surface area contributed by atoms with Gasteiger partial charge in [-0.3, -0.25) is 4.72 Å². The van der Waals surface area contributed by atoms with Crippen LogP contribution in [0.15, 0.2) is 35.9 Å². The van der Waals surface area contributed by atoms with E-state index in [1.165, 1.54) is 12.1 Å². The van der Waals surface area contributed by atoms with Gasteiger partial charge in [0.25, 0.3) is 10.0 Å². The fourth-order valence-corrected chi connectivity index (χ4v) is 2.80. The molecular weight excluding hydrogens is 272 g/mol. The van der Waals surface area contributed by atoms with Crippen LogP contribution in [-0.2, 0) is 10.0 Å². The Morgan fingerprint density at radius 1 is 1.45 bits per heavy atom. The maximum atomic E-state index is 12.2. The molecule has 0 aliphatic heterocycles. The molecule has 1 aromatic rings. The third kappa shape index (κ3) is 3.22. The molecule has 0 unspecified atom stereocenters. The Morgan fingerprint density at radius 3 is 2.60 bits per heavy atom. The predicted octanol–water partition coefficient (Wildman–Crippen LogP) is 0.212. The van der Waals surface area contributed by atoms with Crippen LogP contribution in [0.4, 0.5) is 0 Å². The quantitative estimate of drug-likeness (QED) is 0.807. The van der Waals surface area contributed by atoms with Gasteiger partial charge in [0.2, 0.25) is 0 Å². The number of terminal acetylenes is 1. The van der Waals surface area contributed by atoms with E-state index >= 15 is 0 Å². The molecular formula is C15H18N2O2S. The summed E-state index contributed by atoms with van der Waals surface area (Å²) in [6.07, 6.45) is 7.92. The third-order valence-electron chi connectivity index (χ3n) is 2.88. The second-order valence-electron chi connectivity index (χ2n) is 4.33. The van der Waals surface area contributed by atoms with Crippen LogP contribution >= 0.6 is 0 Å². The molecule has 0 amide bonds. The molecule has 0 aromatic heterocycles. The standard InChI is InChI=1S/C15H18N2O2S/c1-6-9-14-13(12(3)17(4)5)10-8-11-15(14)20(18,19)16-7-2/h1,7-11,16H,2H2,3-5H3. The van der Waals surface area contributed by atoms with Crippen LogP contribution in [0.5, 0.6) is 0 Å². The molecule has 0 aliphatic carbocycles. The Labute approximate surface area is 120 Å². The van der Waals surface area contributed by atoms with E-state index in [4.69, 9.17) is 6.42 Å². The molecule has 0 heterocycles. The second-order valence-corrected chi connectivity index (χ2v) is 6.02. The smallest absolute Gasteiger partial charge is 0.262 e. The lowest BCUT2D eigenvalue weighted by molar-refractivity contribution is 0.579. The predicted molar refractivity (Wildman–Crippen MR) is 82.3 cm³/mol. The van der Waals surface area contributed by atoms with Crippen molar-refractivity contribution in [2.24, 2.45) is 0 Å². The van der Waals surface area contributed by atoms with Gasteiger partial charge in [0, 0.05) is 36.4 Å². The number of nitrogens with one attached hydrogen (secondary N) is 1. The highest BCUT2D eigenvalue weighted by molar-refractivity contribution is 7.89. The lowest BCUT2D eigenvalue weighted by Gasteiger charge is -2.14. The summed E-state index contributed by atoms with van der Waals surface area (Å²) in [7, 11) is 0.102. The van der Waals surface area contributed by atoms with Gasteiger partial charge >= 0.3 is 0 Å². The van der Waals surface area contributed by atoms with Crippen LogP contribution in [0.1, 0.15) is 6.92 Å². The molecule has 0 bridgehead atoms. The first-order valence-corrected chi connectivity index (χ1v) is 7.40. The third-order valence-corrected chi connectivity index (χ3v) is 4.29. The lowest BCUT2D eigenvalue weighted by atomic mass is 10.2. The lowest BCUT2D eigenvalue weighted by Crippen LogP contribution is -2.36. The first-order chi connectivity index (χ1) is 9.35. The maximum Gasteiger partial charge on any atom is 0.262 e. The number of benzene rings is 1. The van der Waals surface area contributed by atoms with E-state index in [2.05, 4.69) is 17.2 Å². The monoisotopic (exact) mass is 290 g/mol. The molecule has 0 saturated carbocycles. The summed E-state index contributed by atoms with van der Waals surface area (Å²) in [6.45, 7) is 5.28. The summed E-state index contributed by atoms with van der Waals surface area (Å²) in [5.74, 6) is 2.40. The Hall–Kier alpha value is -2.19. The van der Waals surface area contributed by atoms with Gasteiger partial charge in [0.15, 0.2) is 0 Å². The minimum atomic E-state index is -3.67. The van der Waals surface area contributed by atoms with Crippen LogP contribution in [0.2, 0.25) is 0 Å². The molecule has 0 atom stereocenters. The maximum absolute atomic E-state index is 12.2. The molecule has 0 fully saturated rings. The largest absolute Gasteiger partial charge is 0.381 e. The van der Waals surface area contributed by atoms with Crippen molar-refractivity contribution in [2.75, 3.05) is 14.1 Å². The SMILES string of the molecule is C#CC=c1c(S(=O)(=O)NC=C)cccc1=C(C)N(C)C. The summed E-state index contributed by atoms with van der Waals surface area (Å²) < 4.78 is 26.6. The zero-order valence-electron chi connectivity index (χ0n) is 11.8. The topological polar surface area (TPSA) is 49.4 Å². The Morgan fingerprint density at radius 2 is 2.10 bits per heavy atom. The fraction of sp³-hybridized carbons (Fsp3) is 0.200. The van der Waals surface area contributed by atoms with E-state index in [0.717, 1.165) is 17.1 Å². The van der Waals surface area contributed by atoms with Crippen molar-refractivity contribution in [1.82, 2.24) is 9.62 Å². The van der Waals surface area contributed by atoms with Crippen molar-refractivity contribution < 1.29 is 8.42 Å². The summed E-state index contributed by atoms with van der Waals surface area (Å²) in [6, 6.07) is 5.04. The molecule has 106 valence electrons. The van der Waals surface area contributed by atoms with E-state index in [0.29, 0.717) is 5.22 Å². The average molecular weight is 290 g/mol. The fourth-order valence-electron chi connectivity index (χ4n) is 1.74. The number of hydrogen-bond donors (Lipinski definition) is 1. The van der Waals surface area contributed by atoms with Crippen LogP contribution in [0, 0.1) is 12.3 Å². The molecule has 20 heavy (non-hydrogen) atoms. The normalized spacial score (nSPS) is 13.4. The van der Waals surface area contributed by atoms with E-state index in [1.807, 2.05) is 32.0 Å². The van der Waals surface area contributed by atoms with Gasteiger partial charge in [0.05, 0.1) is 4.90 Å². The van der Waals surface area contributed by atoms with Crippen LogP contribution in [0.3, 0.4) is 0 Å². The van der Waals surface area contributed by atoms with Crippen molar-refractivity contribution in [2.45, 2.75) is 11.8 Å². The molecule has 0 saturated heterocycles. The highest BCUT2D eigenvalue weighted by atomic mass is 32.2. The van der Waals surface area contributed by atoms with Crippen molar-refractivity contribution in [3.8, 4) is 12.3 Å². The van der Waals surface area contributed by atoms with Crippen LogP contribution < -0.4 is 15.2 Å². The van der Waals surface area contributed by atoms with Crippen LogP contribution in [-0.4, -0.2) is 27.4 Å². The van der Waals surface area contributed by atoms with E-state index in [1.54, 1.807) is 6.07 Å². The van der Waals surface area contributed by atoms with Crippen molar-refractivity contribution >= 4 is 21.8 Å². The van der Waals surface area contributed by atoms with Gasteiger partial charge in [0.1, 0.15) is 0 Å². The number of sulfonamides is 1. The van der Waals surface area contributed by atoms with Crippen molar-refractivity contribution in [3.63, 3.8) is 0 Å². The first kappa shape index (κ1) is 15.9. The van der Waals surface area contributed by atoms with Crippen LogP contribution in [0.25, 0.3) is 11.8 Å². The molecule has 1 rings (SSSR count). The average Bonchev–Trinajstić information content (AvgIpc) is 2.38. The van der Waals surface area contributed by atoms with Gasteiger partial charge in [-0.05, 0) is 19.1 Å². The van der Waals surface area contributed by atoms with Crippen molar-refractivity contribution in [1.29, 1.82) is 0 Å². The van der Waals surface area contributed by atoms with Gasteiger partial charge in [-0.25, -0.2) is 8.42 Å². The molecule has 0 aliphatic rings. The molecule has 0 radical (unpaired) electrons. The molecule has 0 spiro atoms. The second kappa shape index (κ2) is 6.31. The van der Waals surface area contributed by atoms with Crippen molar-refractivity contribution in [3.05, 3.63) is 41.4 Å². The summed E-state index contributed by atoms with van der Waals surface area (Å²) in [5, 5.41) is 1.27. The highest BCUT2D eigenvalue weighted by Gasteiger charge is 2.14. The number of hydrogen-bond acceptors (Lipinski definition) is 3. The zero-order chi connectivity index (χ0) is 15.3. The molecule has 5 heteroatoms. The summed E-state index contributed by atoms with van der Waals surface area (Å²) in [5.41, 5.74) is 0.919. The summed E-state index contributed by atoms with van der Waals surface area (Å²) >= 11 is 0. The minimum Gasteiger partial charge on any atom is -0.381 e. The van der Waals surface area contributed by atoms with E-state index in [-0.39, 0.29) is 4.90 Å². The van der Waals surface area contributed by atoms with Gasteiger partial charge in [-0.15, -0.1) is 6.42 Å².